The molecule has 0 heterocycles. The van der Waals surface area contributed by atoms with E-state index in [9.17, 15) is 10.1 Å². The number of para-hydroxylation sites is 1. The number of nitrogens with one attached hydrogen (secondary N) is 1. The molecule has 0 aliphatic rings. The molecule has 0 aliphatic heterocycles. The van der Waals surface area contributed by atoms with E-state index in [1.165, 1.54) is 7.11 Å². The van der Waals surface area contributed by atoms with Gasteiger partial charge in [-0.1, -0.05) is 56.1 Å². The van der Waals surface area contributed by atoms with E-state index < -0.39 is 8.32 Å². The minimum Gasteiger partial charge on any atom is -0.495 e. The Morgan fingerprint density at radius 2 is 1.88 bits per heavy atom. The average molecular weight is 508 g/mol. The molecule has 0 fully saturated rings. The number of hydrogen-bond donors (Lipinski definition) is 1. The fourth-order valence-electron chi connectivity index (χ4n) is 3.16. The molecular weight excluding hydrogens is 475 g/mol. The minimum atomic E-state index is -1.89. The van der Waals surface area contributed by atoms with E-state index in [0.29, 0.717) is 40.7 Å². The SMILES string of the molecule is COc1c(C#N)cccc1C(=O)NCC(CCO[Si](C)(C)C(C)(C)C)c1ccc(Cl)c(Cl)c1. The zero-order valence-electron chi connectivity index (χ0n) is 20.1. The number of halogens is 2. The van der Waals surface area contributed by atoms with Gasteiger partial charge in [0.15, 0.2) is 8.32 Å². The van der Waals surface area contributed by atoms with Gasteiger partial charge in [0.25, 0.3) is 5.91 Å². The number of methoxy groups -OCH3 is 1. The number of nitrogens with zero attached hydrogens (tertiary/aromatic N) is 1. The van der Waals surface area contributed by atoms with Gasteiger partial charge in [0.2, 0.25) is 0 Å². The van der Waals surface area contributed by atoms with Gasteiger partial charge in [0.05, 0.1) is 28.3 Å². The number of ether oxygens (including phenoxy) is 1. The normalized spacial score (nSPS) is 12.7. The highest BCUT2D eigenvalue weighted by molar-refractivity contribution is 6.74. The summed E-state index contributed by atoms with van der Waals surface area (Å²) in [6.45, 7) is 12.0. The molecule has 2 aromatic carbocycles. The van der Waals surface area contributed by atoms with Gasteiger partial charge in [0, 0.05) is 19.1 Å². The first-order chi connectivity index (χ1) is 15.4. The Morgan fingerprint density at radius 1 is 1.18 bits per heavy atom. The zero-order chi connectivity index (χ0) is 24.8. The van der Waals surface area contributed by atoms with Gasteiger partial charge in [-0.3, -0.25) is 4.79 Å². The summed E-state index contributed by atoms with van der Waals surface area (Å²) < 4.78 is 11.7. The van der Waals surface area contributed by atoms with Crippen LogP contribution in [0.2, 0.25) is 28.2 Å². The number of carbonyl (C=O) groups is 1. The second-order valence-corrected chi connectivity index (χ2v) is 15.1. The molecule has 0 saturated carbocycles. The lowest BCUT2D eigenvalue weighted by atomic mass is 9.95. The number of amides is 1. The Balaban J connectivity index is 2.20. The molecule has 33 heavy (non-hydrogen) atoms. The number of carbonyl (C=O) groups excluding carboxylic acids is 1. The van der Waals surface area contributed by atoms with E-state index in [2.05, 4.69) is 45.3 Å². The van der Waals surface area contributed by atoms with Crippen molar-refractivity contribution < 1.29 is 14.0 Å². The van der Waals surface area contributed by atoms with Gasteiger partial charge in [0.1, 0.15) is 11.8 Å². The van der Waals surface area contributed by atoms with Crippen molar-refractivity contribution in [3.05, 3.63) is 63.1 Å². The van der Waals surface area contributed by atoms with Crippen LogP contribution < -0.4 is 10.1 Å². The molecule has 0 aromatic heterocycles. The number of rotatable bonds is 9. The zero-order valence-corrected chi connectivity index (χ0v) is 22.6. The Bertz CT molecular complexity index is 1030. The topological polar surface area (TPSA) is 71.3 Å². The Hall–Kier alpha value is -2.04. The fraction of sp³-hybridized carbons (Fsp3) is 0.440. The van der Waals surface area contributed by atoms with Crippen molar-refractivity contribution in [3.63, 3.8) is 0 Å². The van der Waals surface area contributed by atoms with Gasteiger partial charge in [-0.15, -0.1) is 0 Å². The van der Waals surface area contributed by atoms with Gasteiger partial charge < -0.3 is 14.5 Å². The van der Waals surface area contributed by atoms with E-state index >= 15 is 0 Å². The van der Waals surface area contributed by atoms with Crippen LogP contribution in [0, 0.1) is 11.3 Å². The van der Waals surface area contributed by atoms with E-state index in [1.807, 2.05) is 12.1 Å². The molecule has 0 radical (unpaired) electrons. The molecule has 5 nitrogen and oxygen atoms in total. The summed E-state index contributed by atoms with van der Waals surface area (Å²) in [7, 11) is -0.446. The summed E-state index contributed by atoms with van der Waals surface area (Å²) >= 11 is 12.4. The maximum Gasteiger partial charge on any atom is 0.255 e. The molecule has 0 bridgehead atoms. The molecule has 0 aliphatic carbocycles. The third-order valence-corrected chi connectivity index (χ3v) is 11.5. The first-order valence-electron chi connectivity index (χ1n) is 10.9. The van der Waals surface area contributed by atoms with Crippen molar-refractivity contribution in [2.75, 3.05) is 20.3 Å². The van der Waals surface area contributed by atoms with Crippen LogP contribution in [0.5, 0.6) is 5.75 Å². The van der Waals surface area contributed by atoms with Crippen LogP contribution in [0.25, 0.3) is 0 Å². The second kappa shape index (κ2) is 11.4. The molecule has 1 unspecified atom stereocenters. The third kappa shape index (κ3) is 6.97. The molecule has 0 saturated heterocycles. The Kier molecular flexibility index (Phi) is 9.39. The van der Waals surface area contributed by atoms with Crippen LogP contribution in [-0.2, 0) is 4.43 Å². The standard InChI is InChI=1S/C25H32Cl2N2O3Si/c1-25(2,3)33(5,6)32-13-12-19(17-10-11-21(26)22(27)14-17)16-29-24(30)20-9-7-8-18(15-28)23(20)31-4/h7-11,14,19H,12-13,16H2,1-6H3,(H,29,30). The maximum absolute atomic E-state index is 12.9. The Morgan fingerprint density at radius 3 is 2.45 bits per heavy atom. The highest BCUT2D eigenvalue weighted by Crippen LogP contribution is 2.37. The van der Waals surface area contributed by atoms with Crippen molar-refractivity contribution in [1.29, 1.82) is 5.26 Å². The van der Waals surface area contributed by atoms with Crippen molar-refractivity contribution in [2.45, 2.75) is 51.2 Å². The van der Waals surface area contributed by atoms with Crippen molar-refractivity contribution in [3.8, 4) is 11.8 Å². The van der Waals surface area contributed by atoms with E-state index in [4.69, 9.17) is 32.4 Å². The second-order valence-electron chi connectivity index (χ2n) is 9.48. The van der Waals surface area contributed by atoms with Crippen molar-refractivity contribution in [1.82, 2.24) is 5.32 Å². The summed E-state index contributed by atoms with van der Waals surface area (Å²) in [4.78, 5) is 12.9. The Labute approximate surface area is 208 Å². The first kappa shape index (κ1) is 27.2. The first-order valence-corrected chi connectivity index (χ1v) is 14.5. The molecule has 2 rings (SSSR count). The van der Waals surface area contributed by atoms with Gasteiger partial charge in [-0.2, -0.15) is 5.26 Å². The third-order valence-electron chi connectivity index (χ3n) is 6.24. The molecular formula is C25H32Cl2N2O3Si. The average Bonchev–Trinajstić information content (AvgIpc) is 2.76. The summed E-state index contributed by atoms with van der Waals surface area (Å²) in [6, 6.07) is 12.5. The smallest absolute Gasteiger partial charge is 0.255 e. The summed E-state index contributed by atoms with van der Waals surface area (Å²) in [5.41, 5.74) is 1.61. The summed E-state index contributed by atoms with van der Waals surface area (Å²) in [5.74, 6) is -0.0668. The maximum atomic E-state index is 12.9. The van der Waals surface area contributed by atoms with Crippen LogP contribution in [0.1, 0.15) is 54.6 Å². The number of benzene rings is 2. The lowest BCUT2D eigenvalue weighted by molar-refractivity contribution is 0.0946. The highest BCUT2D eigenvalue weighted by Gasteiger charge is 2.37. The van der Waals surface area contributed by atoms with Crippen LogP contribution in [-0.4, -0.2) is 34.5 Å². The van der Waals surface area contributed by atoms with Gasteiger partial charge in [-0.05, 0) is 54.4 Å². The molecule has 0 spiro atoms. The number of hydrogen-bond acceptors (Lipinski definition) is 4. The molecule has 8 heteroatoms. The lowest BCUT2D eigenvalue weighted by Crippen LogP contribution is -2.41. The van der Waals surface area contributed by atoms with Crippen molar-refractivity contribution >= 4 is 37.4 Å². The van der Waals surface area contributed by atoms with E-state index in [0.717, 1.165) is 5.56 Å². The van der Waals surface area contributed by atoms with Crippen LogP contribution in [0.15, 0.2) is 36.4 Å². The lowest BCUT2D eigenvalue weighted by Gasteiger charge is -2.36. The minimum absolute atomic E-state index is 0.0290. The number of nitriles is 1. The molecule has 1 amide bonds. The van der Waals surface area contributed by atoms with E-state index in [1.54, 1.807) is 24.3 Å². The van der Waals surface area contributed by atoms with Crippen LogP contribution in [0.4, 0.5) is 0 Å². The van der Waals surface area contributed by atoms with Crippen LogP contribution >= 0.6 is 23.2 Å². The molecule has 1 N–H and O–H groups in total. The largest absolute Gasteiger partial charge is 0.495 e. The molecule has 1 atom stereocenters. The molecule has 2 aromatic rings. The van der Waals surface area contributed by atoms with Gasteiger partial charge in [-0.25, -0.2) is 0 Å². The predicted molar refractivity (Wildman–Crippen MR) is 137 cm³/mol. The fourth-order valence-corrected chi connectivity index (χ4v) is 4.53. The quantitative estimate of drug-likeness (QED) is 0.379. The van der Waals surface area contributed by atoms with Gasteiger partial charge >= 0.3 is 0 Å². The predicted octanol–water partition coefficient (Wildman–Crippen LogP) is 6.80. The summed E-state index contributed by atoms with van der Waals surface area (Å²) in [6.07, 6.45) is 0.708. The molecule has 178 valence electrons. The highest BCUT2D eigenvalue weighted by atomic mass is 35.5. The van der Waals surface area contributed by atoms with E-state index in [-0.39, 0.29) is 22.6 Å². The van der Waals surface area contributed by atoms with Crippen LogP contribution in [0.3, 0.4) is 0 Å². The summed E-state index contributed by atoms with van der Waals surface area (Å²) in [5, 5.41) is 13.4. The van der Waals surface area contributed by atoms with Crippen molar-refractivity contribution in [2.24, 2.45) is 0 Å². The monoisotopic (exact) mass is 506 g/mol.